The van der Waals surface area contributed by atoms with Gasteiger partial charge in [-0.2, -0.15) is 0 Å². The molecule has 2 fully saturated rings. The molecule has 2 aliphatic rings. The van der Waals surface area contributed by atoms with Crippen LogP contribution in [-0.4, -0.2) is 34.9 Å². The quantitative estimate of drug-likeness (QED) is 0.626. The summed E-state index contributed by atoms with van der Waals surface area (Å²) in [6.07, 6.45) is 5.78. The van der Waals surface area contributed by atoms with E-state index in [0.29, 0.717) is 23.6 Å². The van der Waals surface area contributed by atoms with Crippen LogP contribution in [0.25, 0.3) is 0 Å². The molecule has 0 radical (unpaired) electrons. The molecule has 1 saturated carbocycles. The average molecular weight is 332 g/mol. The first-order valence-corrected chi connectivity index (χ1v) is 8.73. The van der Waals surface area contributed by atoms with Crippen molar-refractivity contribution in [1.82, 2.24) is 4.90 Å². The van der Waals surface area contributed by atoms with Crippen LogP contribution in [0.2, 0.25) is 0 Å². The van der Waals surface area contributed by atoms with Gasteiger partial charge in [0, 0.05) is 18.7 Å². The first-order valence-electron chi connectivity index (χ1n) is 8.73. The lowest BCUT2D eigenvalue weighted by Gasteiger charge is -2.47. The molecule has 130 valence electrons. The third kappa shape index (κ3) is 3.52. The Morgan fingerprint density at radius 2 is 2.12 bits per heavy atom. The normalized spacial score (nSPS) is 26.5. The maximum atomic E-state index is 12.6. The molecule has 6 nitrogen and oxygen atoms in total. The molecular formula is C18H24N2O4. The monoisotopic (exact) mass is 332 g/mol. The van der Waals surface area contributed by atoms with Gasteiger partial charge in [-0.15, -0.1) is 0 Å². The number of nitrogens with zero attached hydrogens (tertiary/aromatic N) is 2. The van der Waals surface area contributed by atoms with Crippen molar-refractivity contribution >= 4 is 11.6 Å². The molecular weight excluding hydrogens is 308 g/mol. The smallest absolute Gasteiger partial charge is 0.273 e. The second-order valence-electron chi connectivity index (χ2n) is 6.91. The summed E-state index contributed by atoms with van der Waals surface area (Å²) in [4.78, 5) is 24.9. The standard InChI is InChI=1S/C18H24N2O4/c1-13-9-10-19(17-8-3-2-7-16(13)17)18(21)12-24-15-6-4-5-14(11-15)20(22)23/h4-6,11,13,16-17H,2-3,7-10,12H2,1H3/t13-,16-,17+/m1/s1. The van der Waals surface area contributed by atoms with E-state index in [1.165, 1.54) is 31.4 Å². The van der Waals surface area contributed by atoms with Crippen LogP contribution in [0.1, 0.15) is 39.0 Å². The minimum Gasteiger partial charge on any atom is -0.484 e. The molecule has 1 heterocycles. The van der Waals surface area contributed by atoms with Crippen molar-refractivity contribution in [3.8, 4) is 5.75 Å². The molecule has 0 unspecified atom stereocenters. The Morgan fingerprint density at radius 1 is 1.33 bits per heavy atom. The number of rotatable bonds is 4. The van der Waals surface area contributed by atoms with E-state index in [2.05, 4.69) is 6.92 Å². The number of ether oxygens (including phenoxy) is 1. The molecule has 3 rings (SSSR count). The van der Waals surface area contributed by atoms with E-state index in [1.807, 2.05) is 4.90 Å². The maximum absolute atomic E-state index is 12.6. The molecule has 3 atom stereocenters. The van der Waals surface area contributed by atoms with Gasteiger partial charge < -0.3 is 9.64 Å². The van der Waals surface area contributed by atoms with Crippen LogP contribution in [0.3, 0.4) is 0 Å². The van der Waals surface area contributed by atoms with E-state index in [9.17, 15) is 14.9 Å². The Kier molecular flexibility index (Phi) is 5.02. The van der Waals surface area contributed by atoms with E-state index >= 15 is 0 Å². The van der Waals surface area contributed by atoms with Crippen molar-refractivity contribution in [2.45, 2.75) is 45.1 Å². The molecule has 0 bridgehead atoms. The zero-order valence-corrected chi connectivity index (χ0v) is 14.0. The predicted octanol–water partition coefficient (Wildman–Crippen LogP) is 3.40. The number of carbonyl (C=O) groups is 1. The summed E-state index contributed by atoms with van der Waals surface area (Å²) in [7, 11) is 0. The summed E-state index contributed by atoms with van der Waals surface area (Å²) < 4.78 is 5.52. The van der Waals surface area contributed by atoms with Crippen LogP contribution < -0.4 is 4.74 Å². The number of non-ortho nitro benzene ring substituents is 1. The van der Waals surface area contributed by atoms with Crippen molar-refractivity contribution in [3.63, 3.8) is 0 Å². The Labute approximate surface area is 141 Å². The molecule has 1 aliphatic heterocycles. The highest BCUT2D eigenvalue weighted by molar-refractivity contribution is 5.78. The number of amides is 1. The lowest BCUT2D eigenvalue weighted by atomic mass is 9.72. The summed E-state index contributed by atoms with van der Waals surface area (Å²) in [6, 6.07) is 6.31. The van der Waals surface area contributed by atoms with Crippen LogP contribution in [0.5, 0.6) is 5.75 Å². The van der Waals surface area contributed by atoms with Gasteiger partial charge in [0.25, 0.3) is 11.6 Å². The molecule has 1 aromatic rings. The van der Waals surface area contributed by atoms with Gasteiger partial charge in [0.15, 0.2) is 6.61 Å². The van der Waals surface area contributed by atoms with Gasteiger partial charge in [-0.25, -0.2) is 0 Å². The molecule has 0 aromatic heterocycles. The Hall–Kier alpha value is -2.11. The number of carbonyl (C=O) groups excluding carboxylic acids is 1. The largest absolute Gasteiger partial charge is 0.484 e. The minimum absolute atomic E-state index is 0.00898. The lowest BCUT2D eigenvalue weighted by Crippen LogP contribution is -2.53. The van der Waals surface area contributed by atoms with Gasteiger partial charge >= 0.3 is 0 Å². The molecule has 1 aliphatic carbocycles. The maximum Gasteiger partial charge on any atom is 0.273 e. The van der Waals surface area contributed by atoms with Crippen LogP contribution >= 0.6 is 0 Å². The molecule has 0 N–H and O–H groups in total. The van der Waals surface area contributed by atoms with Gasteiger partial charge in [0.1, 0.15) is 5.75 Å². The Bertz CT molecular complexity index is 619. The van der Waals surface area contributed by atoms with Crippen molar-refractivity contribution in [1.29, 1.82) is 0 Å². The molecule has 1 amide bonds. The first kappa shape index (κ1) is 16.7. The number of nitro benzene ring substituents is 1. The zero-order chi connectivity index (χ0) is 17.1. The summed E-state index contributed by atoms with van der Waals surface area (Å²) in [5.74, 6) is 1.64. The summed E-state index contributed by atoms with van der Waals surface area (Å²) in [5.41, 5.74) is -0.0286. The van der Waals surface area contributed by atoms with Crippen molar-refractivity contribution in [2.75, 3.05) is 13.2 Å². The molecule has 1 saturated heterocycles. The average Bonchev–Trinajstić information content (AvgIpc) is 2.60. The van der Waals surface area contributed by atoms with Gasteiger partial charge in [-0.3, -0.25) is 14.9 Å². The second-order valence-corrected chi connectivity index (χ2v) is 6.91. The van der Waals surface area contributed by atoms with E-state index < -0.39 is 4.92 Å². The molecule has 6 heteroatoms. The molecule has 24 heavy (non-hydrogen) atoms. The topological polar surface area (TPSA) is 72.7 Å². The van der Waals surface area contributed by atoms with Crippen molar-refractivity contribution in [2.24, 2.45) is 11.8 Å². The van der Waals surface area contributed by atoms with Crippen LogP contribution in [-0.2, 0) is 4.79 Å². The number of nitro groups is 1. The SMILES string of the molecule is C[C@@H]1CCN(C(=O)COc2cccc([N+](=O)[O-])c2)[C@H]2CCCC[C@H]12. The first-order chi connectivity index (χ1) is 11.6. The second kappa shape index (κ2) is 7.20. The lowest BCUT2D eigenvalue weighted by molar-refractivity contribution is -0.384. The fourth-order valence-corrected chi connectivity index (χ4v) is 4.14. The van der Waals surface area contributed by atoms with Gasteiger partial charge in [0.2, 0.25) is 0 Å². The fraction of sp³-hybridized carbons (Fsp3) is 0.611. The fourth-order valence-electron chi connectivity index (χ4n) is 4.14. The zero-order valence-electron chi connectivity index (χ0n) is 14.0. The van der Waals surface area contributed by atoms with Gasteiger partial charge in [-0.05, 0) is 37.2 Å². The Morgan fingerprint density at radius 3 is 2.92 bits per heavy atom. The van der Waals surface area contributed by atoms with E-state index in [4.69, 9.17) is 4.74 Å². The van der Waals surface area contributed by atoms with E-state index in [-0.39, 0.29) is 18.2 Å². The summed E-state index contributed by atoms with van der Waals surface area (Å²) in [6.45, 7) is 3.03. The third-order valence-corrected chi connectivity index (χ3v) is 5.45. The third-order valence-electron chi connectivity index (χ3n) is 5.45. The highest BCUT2D eigenvalue weighted by Crippen LogP contribution is 2.38. The van der Waals surface area contributed by atoms with Gasteiger partial charge in [-0.1, -0.05) is 25.8 Å². The van der Waals surface area contributed by atoms with E-state index in [1.54, 1.807) is 12.1 Å². The van der Waals surface area contributed by atoms with Crippen LogP contribution in [0.4, 0.5) is 5.69 Å². The van der Waals surface area contributed by atoms with Crippen molar-refractivity contribution in [3.05, 3.63) is 34.4 Å². The van der Waals surface area contributed by atoms with Gasteiger partial charge in [0.05, 0.1) is 11.0 Å². The molecule has 1 aromatic carbocycles. The number of piperidine rings is 1. The summed E-state index contributed by atoms with van der Waals surface area (Å²) >= 11 is 0. The minimum atomic E-state index is -0.465. The number of hydrogen-bond donors (Lipinski definition) is 0. The summed E-state index contributed by atoms with van der Waals surface area (Å²) in [5, 5.41) is 10.8. The number of hydrogen-bond acceptors (Lipinski definition) is 4. The predicted molar refractivity (Wildman–Crippen MR) is 89.8 cm³/mol. The van der Waals surface area contributed by atoms with E-state index in [0.717, 1.165) is 19.4 Å². The number of fused-ring (bicyclic) bond motifs is 1. The highest BCUT2D eigenvalue weighted by Gasteiger charge is 2.39. The number of benzene rings is 1. The van der Waals surface area contributed by atoms with Crippen LogP contribution in [0, 0.1) is 22.0 Å². The number of likely N-dealkylation sites (tertiary alicyclic amines) is 1. The van der Waals surface area contributed by atoms with Crippen molar-refractivity contribution < 1.29 is 14.5 Å². The van der Waals surface area contributed by atoms with Crippen LogP contribution in [0.15, 0.2) is 24.3 Å². The highest BCUT2D eigenvalue weighted by atomic mass is 16.6. The molecule has 0 spiro atoms. The Balaban J connectivity index is 1.62.